The zero-order valence-corrected chi connectivity index (χ0v) is 32.9. The van der Waals surface area contributed by atoms with Crippen LogP contribution >= 0.6 is 0 Å². The Morgan fingerprint density at radius 2 is 0.695 bits per heavy atom. The van der Waals surface area contributed by atoms with Crippen molar-refractivity contribution in [1.29, 1.82) is 0 Å². The molecule has 0 fully saturated rings. The van der Waals surface area contributed by atoms with Crippen molar-refractivity contribution >= 4 is 21.8 Å². The molecule has 0 N–H and O–H groups in total. The van der Waals surface area contributed by atoms with Crippen molar-refractivity contribution in [1.82, 2.24) is 19.9 Å². The van der Waals surface area contributed by atoms with E-state index in [-0.39, 0.29) is 0 Å². The summed E-state index contributed by atoms with van der Waals surface area (Å²) in [5, 5.41) is 2.24. The molecule has 4 heteroatoms. The van der Waals surface area contributed by atoms with Crippen molar-refractivity contribution in [2.75, 3.05) is 0 Å². The monoisotopic (exact) mass is 756 g/mol. The molecule has 0 aliphatic carbocycles. The van der Waals surface area contributed by atoms with Gasteiger partial charge in [0.2, 0.25) is 0 Å². The van der Waals surface area contributed by atoms with Gasteiger partial charge >= 0.3 is 0 Å². The van der Waals surface area contributed by atoms with Crippen molar-refractivity contribution in [3.63, 3.8) is 0 Å². The van der Waals surface area contributed by atoms with E-state index in [2.05, 4.69) is 184 Å². The highest BCUT2D eigenvalue weighted by molar-refractivity contribution is 6.05. The number of fused-ring (bicyclic) bond motifs is 3. The summed E-state index contributed by atoms with van der Waals surface area (Å²) < 4.78 is 0. The van der Waals surface area contributed by atoms with Gasteiger partial charge < -0.3 is 0 Å². The van der Waals surface area contributed by atoms with Gasteiger partial charge in [0, 0.05) is 38.6 Å². The SMILES string of the molecule is CC(C)c1cc(-c2ccccc2)nc2c1ccc1ccc(-c3ccc(-c4ccc(-c5cc(-c6ccccc6)nc(-c6ccc(-c7ccccc7)cc6)n5)cc4)cc3)nc12. The molecule has 10 aromatic rings. The number of aromatic nitrogens is 4. The summed E-state index contributed by atoms with van der Waals surface area (Å²) in [5.74, 6) is 1.04. The number of hydrogen-bond donors (Lipinski definition) is 0. The second-order valence-corrected chi connectivity index (χ2v) is 15.3. The van der Waals surface area contributed by atoms with Gasteiger partial charge in [-0.05, 0) is 51.9 Å². The summed E-state index contributed by atoms with van der Waals surface area (Å²) in [6.07, 6.45) is 0. The van der Waals surface area contributed by atoms with E-state index in [0.29, 0.717) is 11.7 Å². The maximum atomic E-state index is 5.26. The minimum Gasteiger partial charge on any atom is -0.245 e. The van der Waals surface area contributed by atoms with Crippen molar-refractivity contribution < 1.29 is 0 Å². The van der Waals surface area contributed by atoms with E-state index in [4.69, 9.17) is 19.9 Å². The van der Waals surface area contributed by atoms with Crippen LogP contribution in [0.4, 0.5) is 0 Å². The fourth-order valence-corrected chi connectivity index (χ4v) is 7.88. The Bertz CT molecular complexity index is 3070. The number of nitrogens with zero attached hydrogens (tertiary/aromatic N) is 4. The molecule has 0 bridgehead atoms. The molecule has 10 rings (SSSR count). The maximum Gasteiger partial charge on any atom is 0.160 e. The predicted octanol–water partition coefficient (Wildman–Crippen LogP) is 14.4. The van der Waals surface area contributed by atoms with E-state index >= 15 is 0 Å². The third-order valence-corrected chi connectivity index (χ3v) is 11.1. The molecule has 0 aliphatic rings. The zero-order valence-electron chi connectivity index (χ0n) is 32.9. The molecule has 0 unspecified atom stereocenters. The minimum atomic E-state index is 0.346. The van der Waals surface area contributed by atoms with E-state index in [1.807, 2.05) is 30.3 Å². The highest BCUT2D eigenvalue weighted by Gasteiger charge is 2.16. The first kappa shape index (κ1) is 35.8. The summed E-state index contributed by atoms with van der Waals surface area (Å²) in [6.45, 7) is 4.49. The molecule has 0 atom stereocenters. The van der Waals surface area contributed by atoms with Crippen LogP contribution in [-0.4, -0.2) is 19.9 Å². The minimum absolute atomic E-state index is 0.346. The normalized spacial score (nSPS) is 11.4. The van der Waals surface area contributed by atoms with Crippen LogP contribution in [0.3, 0.4) is 0 Å². The molecule has 0 radical (unpaired) electrons. The summed E-state index contributed by atoms with van der Waals surface area (Å²) in [5.41, 5.74) is 16.7. The Morgan fingerprint density at radius 1 is 0.305 bits per heavy atom. The summed E-state index contributed by atoms with van der Waals surface area (Å²) in [4.78, 5) is 20.6. The third-order valence-electron chi connectivity index (χ3n) is 11.1. The number of pyridine rings is 2. The Balaban J connectivity index is 0.958. The predicted molar refractivity (Wildman–Crippen MR) is 245 cm³/mol. The lowest BCUT2D eigenvalue weighted by Crippen LogP contribution is -1.97. The molecule has 7 aromatic carbocycles. The smallest absolute Gasteiger partial charge is 0.160 e. The second kappa shape index (κ2) is 15.4. The first-order valence-electron chi connectivity index (χ1n) is 20.2. The molecular formula is C55H40N4. The molecule has 59 heavy (non-hydrogen) atoms. The second-order valence-electron chi connectivity index (χ2n) is 15.3. The molecule has 0 saturated carbocycles. The quantitative estimate of drug-likeness (QED) is 0.145. The van der Waals surface area contributed by atoms with Gasteiger partial charge in [-0.25, -0.2) is 19.9 Å². The van der Waals surface area contributed by atoms with Gasteiger partial charge in [0.15, 0.2) is 5.82 Å². The zero-order chi connectivity index (χ0) is 39.7. The number of rotatable bonds is 8. The molecule has 0 spiro atoms. The van der Waals surface area contributed by atoms with Gasteiger partial charge in [0.1, 0.15) is 0 Å². The fourth-order valence-electron chi connectivity index (χ4n) is 7.88. The Morgan fingerprint density at radius 3 is 1.22 bits per heavy atom. The van der Waals surface area contributed by atoms with Crippen molar-refractivity contribution in [3.05, 3.63) is 206 Å². The van der Waals surface area contributed by atoms with Gasteiger partial charge in [-0.3, -0.25) is 0 Å². The van der Waals surface area contributed by atoms with Gasteiger partial charge in [0.25, 0.3) is 0 Å². The first-order chi connectivity index (χ1) is 29.0. The standard InChI is InChI=1S/C55H40N4/c1-36(2)48-34-50(41-14-8-4-9-15-41)57-54-47(48)32-30-45-31-33-49(56-53(45)54)43-24-18-39(19-25-43)40-20-26-44(27-21-40)52-35-51(42-16-10-5-11-17-42)58-55(59-52)46-28-22-38(23-29-46)37-12-6-3-7-13-37/h3-36H,1-2H3. The van der Waals surface area contributed by atoms with Crippen LogP contribution < -0.4 is 0 Å². The van der Waals surface area contributed by atoms with E-state index < -0.39 is 0 Å². The van der Waals surface area contributed by atoms with Crippen LogP contribution in [0.5, 0.6) is 0 Å². The molecule has 4 nitrogen and oxygen atoms in total. The summed E-state index contributed by atoms with van der Waals surface area (Å²) in [6, 6.07) is 70.0. The van der Waals surface area contributed by atoms with Crippen molar-refractivity contribution in [2.24, 2.45) is 0 Å². The van der Waals surface area contributed by atoms with Gasteiger partial charge in [-0.1, -0.05) is 196 Å². The fraction of sp³-hybridized carbons (Fsp3) is 0.0545. The van der Waals surface area contributed by atoms with E-state index in [0.717, 1.165) is 89.1 Å². The van der Waals surface area contributed by atoms with Crippen LogP contribution in [0.25, 0.3) is 100 Å². The highest BCUT2D eigenvalue weighted by Crippen LogP contribution is 2.35. The van der Waals surface area contributed by atoms with Crippen LogP contribution in [0, 0.1) is 0 Å². The van der Waals surface area contributed by atoms with E-state index in [1.54, 1.807) is 0 Å². The molecule has 3 aromatic heterocycles. The Kier molecular flexibility index (Phi) is 9.36. The first-order valence-corrected chi connectivity index (χ1v) is 20.2. The Hall–Kier alpha value is -7.56. The number of hydrogen-bond acceptors (Lipinski definition) is 4. The van der Waals surface area contributed by atoms with Gasteiger partial charge in [0.05, 0.1) is 33.8 Å². The lowest BCUT2D eigenvalue weighted by Gasteiger charge is -2.14. The molecule has 280 valence electrons. The number of benzene rings is 7. The molecule has 0 aliphatic heterocycles. The van der Waals surface area contributed by atoms with E-state index in [1.165, 1.54) is 11.1 Å². The van der Waals surface area contributed by atoms with Crippen molar-refractivity contribution in [3.8, 4) is 78.7 Å². The van der Waals surface area contributed by atoms with Gasteiger partial charge in [-0.15, -0.1) is 0 Å². The summed E-state index contributed by atoms with van der Waals surface area (Å²) >= 11 is 0. The molecule has 0 amide bonds. The van der Waals surface area contributed by atoms with Gasteiger partial charge in [-0.2, -0.15) is 0 Å². The lowest BCUT2D eigenvalue weighted by molar-refractivity contribution is 0.875. The largest absolute Gasteiger partial charge is 0.245 e. The van der Waals surface area contributed by atoms with E-state index in [9.17, 15) is 0 Å². The highest BCUT2D eigenvalue weighted by atomic mass is 14.9. The van der Waals surface area contributed by atoms with Crippen LogP contribution in [0.15, 0.2) is 200 Å². The topological polar surface area (TPSA) is 51.6 Å². The molecular weight excluding hydrogens is 717 g/mol. The van der Waals surface area contributed by atoms with Crippen LogP contribution in [0.1, 0.15) is 25.3 Å². The lowest BCUT2D eigenvalue weighted by atomic mass is 9.95. The average Bonchev–Trinajstić information content (AvgIpc) is 3.32. The molecule has 3 heterocycles. The van der Waals surface area contributed by atoms with Crippen LogP contribution in [0.2, 0.25) is 0 Å². The maximum absolute atomic E-state index is 5.26. The third kappa shape index (κ3) is 7.17. The van der Waals surface area contributed by atoms with Crippen LogP contribution in [-0.2, 0) is 0 Å². The Labute approximate surface area is 344 Å². The molecule has 0 saturated heterocycles. The van der Waals surface area contributed by atoms with Crippen molar-refractivity contribution in [2.45, 2.75) is 19.8 Å². The summed E-state index contributed by atoms with van der Waals surface area (Å²) in [7, 11) is 0. The average molecular weight is 757 g/mol.